The van der Waals surface area contributed by atoms with Crippen molar-refractivity contribution in [2.45, 2.75) is 20.4 Å². The molecule has 118 valence electrons. The summed E-state index contributed by atoms with van der Waals surface area (Å²) >= 11 is 1.65. The van der Waals surface area contributed by atoms with Crippen molar-refractivity contribution < 1.29 is 19.2 Å². The summed E-state index contributed by atoms with van der Waals surface area (Å²) in [5, 5.41) is 4.12. The largest absolute Gasteiger partial charge is 0.465 e. The zero-order valence-electron chi connectivity index (χ0n) is 13.3. The number of esters is 1. The van der Waals surface area contributed by atoms with E-state index in [-0.39, 0.29) is 5.78 Å². The van der Waals surface area contributed by atoms with E-state index in [1.165, 1.54) is 12.7 Å². The smallest absolute Gasteiger partial charge is 0.339 e. The lowest BCUT2D eigenvalue weighted by atomic mass is 10.1. The molecule has 0 aliphatic heterocycles. The Hall–Kier alpha value is -1.92. The van der Waals surface area contributed by atoms with Gasteiger partial charge in [-0.15, -0.1) is 0 Å². The van der Waals surface area contributed by atoms with Crippen molar-refractivity contribution in [2.24, 2.45) is 0 Å². The molecule has 0 radical (unpaired) electrons. The SMILES string of the molecule is COC(=O)c1c(C)[nH]c(C(=O)C[NH+](C)Cc2ccsc2)c1C. The number of carbonyl (C=O) groups excluding carboxylic acids is 2. The normalized spacial score (nSPS) is 12.2. The van der Waals surface area contributed by atoms with Gasteiger partial charge in [-0.1, -0.05) is 0 Å². The van der Waals surface area contributed by atoms with E-state index in [9.17, 15) is 9.59 Å². The van der Waals surface area contributed by atoms with Crippen LogP contribution < -0.4 is 4.90 Å². The zero-order valence-corrected chi connectivity index (χ0v) is 14.1. The van der Waals surface area contributed by atoms with E-state index in [1.54, 1.807) is 25.2 Å². The molecular formula is C16H21N2O3S+. The minimum absolute atomic E-state index is 0.00322. The Bertz CT molecular complexity index is 674. The minimum atomic E-state index is -0.413. The van der Waals surface area contributed by atoms with E-state index in [2.05, 4.69) is 16.4 Å². The average Bonchev–Trinajstić information content (AvgIpc) is 3.06. The third kappa shape index (κ3) is 3.45. The first kappa shape index (κ1) is 16.5. The first-order valence-electron chi connectivity index (χ1n) is 7.07. The summed E-state index contributed by atoms with van der Waals surface area (Å²) in [5.74, 6) is -0.409. The molecule has 0 aliphatic rings. The zero-order chi connectivity index (χ0) is 16.3. The molecule has 2 aromatic rings. The lowest BCUT2D eigenvalue weighted by Crippen LogP contribution is -3.08. The monoisotopic (exact) mass is 321 g/mol. The van der Waals surface area contributed by atoms with E-state index in [1.807, 2.05) is 12.4 Å². The third-order valence-electron chi connectivity index (χ3n) is 3.65. The number of aryl methyl sites for hydroxylation is 1. The highest BCUT2D eigenvalue weighted by Gasteiger charge is 2.24. The maximum Gasteiger partial charge on any atom is 0.339 e. The Kier molecular flexibility index (Phi) is 5.15. The van der Waals surface area contributed by atoms with Gasteiger partial charge in [0.05, 0.1) is 25.4 Å². The number of ketones is 1. The molecule has 2 rings (SSSR count). The number of aromatic nitrogens is 1. The summed E-state index contributed by atoms with van der Waals surface area (Å²) in [5.41, 5.74) is 3.52. The molecule has 1 unspecified atom stereocenters. The van der Waals surface area contributed by atoms with Gasteiger partial charge in [0.2, 0.25) is 5.78 Å². The quantitative estimate of drug-likeness (QED) is 0.624. The van der Waals surface area contributed by atoms with Gasteiger partial charge in [0, 0.05) is 11.3 Å². The number of aromatic amines is 1. The Balaban J connectivity index is 2.11. The van der Waals surface area contributed by atoms with E-state index < -0.39 is 5.97 Å². The van der Waals surface area contributed by atoms with Crippen molar-refractivity contribution in [2.75, 3.05) is 20.7 Å². The average molecular weight is 321 g/mol. The van der Waals surface area contributed by atoms with Gasteiger partial charge in [0.25, 0.3) is 0 Å². The van der Waals surface area contributed by atoms with Crippen LogP contribution in [0.25, 0.3) is 0 Å². The first-order chi connectivity index (χ1) is 10.4. The second kappa shape index (κ2) is 6.89. The Labute approximate surface area is 133 Å². The summed E-state index contributed by atoms with van der Waals surface area (Å²) in [6, 6.07) is 2.07. The van der Waals surface area contributed by atoms with Crippen LogP contribution >= 0.6 is 11.3 Å². The number of hydrogen-bond acceptors (Lipinski definition) is 4. The van der Waals surface area contributed by atoms with Crippen molar-refractivity contribution in [1.29, 1.82) is 0 Å². The van der Waals surface area contributed by atoms with Gasteiger partial charge in [0.15, 0.2) is 0 Å². The van der Waals surface area contributed by atoms with Gasteiger partial charge in [-0.3, -0.25) is 4.79 Å². The van der Waals surface area contributed by atoms with E-state index >= 15 is 0 Å². The topological polar surface area (TPSA) is 63.6 Å². The highest BCUT2D eigenvalue weighted by atomic mass is 32.1. The Morgan fingerprint density at radius 1 is 1.36 bits per heavy atom. The van der Waals surface area contributed by atoms with Gasteiger partial charge < -0.3 is 14.6 Å². The standard InChI is InChI=1S/C16H20N2O3S/c1-10-14(16(20)21-4)11(2)17-15(10)13(19)8-18(3)7-12-5-6-22-9-12/h5-6,9,17H,7-8H2,1-4H3/p+1. The molecule has 6 heteroatoms. The molecule has 0 saturated heterocycles. The molecule has 2 N–H and O–H groups in total. The molecule has 5 nitrogen and oxygen atoms in total. The van der Waals surface area contributed by atoms with Crippen LogP contribution in [0.2, 0.25) is 0 Å². The summed E-state index contributed by atoms with van der Waals surface area (Å²) < 4.78 is 4.77. The predicted octanol–water partition coefficient (Wildman–Crippen LogP) is 1.38. The molecule has 22 heavy (non-hydrogen) atoms. The molecule has 2 heterocycles. The fourth-order valence-electron chi connectivity index (χ4n) is 2.60. The second-order valence-electron chi connectivity index (χ2n) is 5.48. The maximum atomic E-state index is 12.5. The summed E-state index contributed by atoms with van der Waals surface area (Å²) in [6.45, 7) is 4.73. The van der Waals surface area contributed by atoms with E-state index in [0.717, 1.165) is 11.4 Å². The predicted molar refractivity (Wildman–Crippen MR) is 85.7 cm³/mol. The summed E-state index contributed by atoms with van der Waals surface area (Å²) in [7, 11) is 3.33. The summed E-state index contributed by atoms with van der Waals surface area (Å²) in [4.78, 5) is 28.4. The number of quaternary nitrogens is 1. The highest BCUT2D eigenvalue weighted by molar-refractivity contribution is 7.07. The number of likely N-dealkylation sites (N-methyl/N-ethyl adjacent to an activating group) is 1. The van der Waals surface area contributed by atoms with E-state index in [0.29, 0.717) is 29.1 Å². The van der Waals surface area contributed by atoms with E-state index in [4.69, 9.17) is 4.74 Å². The molecule has 1 atom stereocenters. The molecule has 0 spiro atoms. The number of H-pyrrole nitrogens is 1. The van der Waals surface area contributed by atoms with Crippen LogP contribution in [0.15, 0.2) is 16.8 Å². The number of ether oxygens (including phenoxy) is 1. The van der Waals surface area contributed by atoms with Crippen LogP contribution in [0, 0.1) is 13.8 Å². The lowest BCUT2D eigenvalue weighted by molar-refractivity contribution is -0.884. The molecular weight excluding hydrogens is 300 g/mol. The van der Waals surface area contributed by atoms with Crippen molar-refractivity contribution in [3.63, 3.8) is 0 Å². The van der Waals surface area contributed by atoms with Gasteiger partial charge in [-0.05, 0) is 36.2 Å². The van der Waals surface area contributed by atoms with Crippen molar-refractivity contribution >= 4 is 23.1 Å². The Morgan fingerprint density at radius 2 is 2.09 bits per heavy atom. The van der Waals surface area contributed by atoms with Crippen molar-refractivity contribution in [1.82, 2.24) is 4.98 Å². The highest BCUT2D eigenvalue weighted by Crippen LogP contribution is 2.19. The Morgan fingerprint density at radius 3 is 2.68 bits per heavy atom. The van der Waals surface area contributed by atoms with Crippen LogP contribution in [0.3, 0.4) is 0 Å². The number of methoxy groups -OCH3 is 1. The lowest BCUT2D eigenvalue weighted by Gasteiger charge is -2.12. The van der Waals surface area contributed by atoms with Crippen LogP contribution in [0.1, 0.15) is 37.7 Å². The van der Waals surface area contributed by atoms with Crippen molar-refractivity contribution in [3.05, 3.63) is 44.9 Å². The van der Waals surface area contributed by atoms with Crippen LogP contribution in [-0.2, 0) is 11.3 Å². The number of thiophene rings is 1. The number of rotatable bonds is 6. The second-order valence-corrected chi connectivity index (χ2v) is 6.26. The van der Waals surface area contributed by atoms with Crippen molar-refractivity contribution in [3.8, 4) is 0 Å². The molecule has 0 amide bonds. The third-order valence-corrected chi connectivity index (χ3v) is 4.39. The number of carbonyl (C=O) groups is 2. The molecule has 0 saturated carbocycles. The number of hydrogen-bond donors (Lipinski definition) is 2. The van der Waals surface area contributed by atoms with Gasteiger partial charge in [0.1, 0.15) is 13.1 Å². The fourth-order valence-corrected chi connectivity index (χ4v) is 3.27. The van der Waals surface area contributed by atoms with Crippen LogP contribution in [-0.4, -0.2) is 37.4 Å². The van der Waals surface area contributed by atoms with Gasteiger partial charge in [-0.25, -0.2) is 4.79 Å². The van der Waals surface area contributed by atoms with Crippen LogP contribution in [0.5, 0.6) is 0 Å². The maximum absolute atomic E-state index is 12.5. The molecule has 0 aromatic carbocycles. The van der Waals surface area contributed by atoms with Gasteiger partial charge >= 0.3 is 5.97 Å². The van der Waals surface area contributed by atoms with Crippen LogP contribution in [0.4, 0.5) is 0 Å². The fraction of sp³-hybridized carbons (Fsp3) is 0.375. The molecule has 2 aromatic heterocycles. The molecule has 0 fully saturated rings. The molecule has 0 aliphatic carbocycles. The molecule has 0 bridgehead atoms. The summed E-state index contributed by atoms with van der Waals surface area (Å²) in [6.07, 6.45) is 0. The first-order valence-corrected chi connectivity index (χ1v) is 8.01. The van der Waals surface area contributed by atoms with Gasteiger partial charge in [-0.2, -0.15) is 11.3 Å². The number of nitrogens with one attached hydrogen (secondary N) is 2. The number of Topliss-reactive ketones (excluding diaryl/α,β-unsaturated/α-hetero) is 1. The minimum Gasteiger partial charge on any atom is -0.465 e.